The van der Waals surface area contributed by atoms with Crippen molar-refractivity contribution in [2.45, 2.75) is 63.1 Å². The van der Waals surface area contributed by atoms with Crippen molar-refractivity contribution < 1.29 is 4.79 Å². The number of hydrogen-bond donors (Lipinski definition) is 2. The van der Waals surface area contributed by atoms with Crippen molar-refractivity contribution in [1.29, 1.82) is 0 Å². The van der Waals surface area contributed by atoms with Gasteiger partial charge in [-0.2, -0.15) is 0 Å². The number of fused-ring (bicyclic) bond motifs is 2. The van der Waals surface area contributed by atoms with E-state index in [9.17, 15) is 4.79 Å². The summed E-state index contributed by atoms with van der Waals surface area (Å²) in [6.45, 7) is 0.828. The molecular weight excluding hydrogens is 321 g/mol. The summed E-state index contributed by atoms with van der Waals surface area (Å²) in [5.74, 6) is 1.68. The molecule has 2 bridgehead atoms. The molecule has 6 heteroatoms. The van der Waals surface area contributed by atoms with E-state index < -0.39 is 0 Å². The van der Waals surface area contributed by atoms with E-state index in [1.807, 2.05) is 0 Å². The number of nitrogens with one attached hydrogen (secondary N) is 2. The van der Waals surface area contributed by atoms with Gasteiger partial charge in [0.15, 0.2) is 0 Å². The Labute approximate surface area is 147 Å². The van der Waals surface area contributed by atoms with Gasteiger partial charge in [-0.25, -0.2) is 0 Å². The van der Waals surface area contributed by atoms with Crippen LogP contribution in [0.4, 0.5) is 0 Å². The lowest BCUT2D eigenvalue weighted by Gasteiger charge is -2.29. The van der Waals surface area contributed by atoms with Crippen LogP contribution in [-0.4, -0.2) is 49.6 Å². The summed E-state index contributed by atoms with van der Waals surface area (Å²) in [6, 6.07) is 1.91. The van der Waals surface area contributed by atoms with E-state index in [0.717, 1.165) is 18.9 Å². The van der Waals surface area contributed by atoms with Crippen LogP contribution in [0.2, 0.25) is 0 Å². The number of nitrogens with zero attached hydrogens (tertiary/aromatic N) is 1. The van der Waals surface area contributed by atoms with Crippen LogP contribution in [0.3, 0.4) is 0 Å². The minimum atomic E-state index is 0. The number of hydrogen-bond acceptors (Lipinski definition) is 3. The summed E-state index contributed by atoms with van der Waals surface area (Å²) < 4.78 is 0. The number of piperidine rings is 1. The smallest absolute Gasteiger partial charge is 0.220 e. The van der Waals surface area contributed by atoms with Gasteiger partial charge in [-0.15, -0.1) is 24.8 Å². The SMILES string of the molecule is CN(C)C(CNC(=O)CC1CC2CCC(C1)N2)C1CC1.Cl.Cl. The third-order valence-electron chi connectivity index (χ3n) is 5.38. The summed E-state index contributed by atoms with van der Waals surface area (Å²) in [4.78, 5) is 14.4. The first-order chi connectivity index (χ1) is 9.61. The molecule has 3 unspecified atom stereocenters. The molecule has 0 spiro atoms. The van der Waals surface area contributed by atoms with E-state index in [2.05, 4.69) is 29.6 Å². The molecule has 1 saturated carbocycles. The summed E-state index contributed by atoms with van der Waals surface area (Å²) in [5.41, 5.74) is 0. The lowest BCUT2D eigenvalue weighted by molar-refractivity contribution is -0.122. The number of carbonyl (C=O) groups excluding carboxylic acids is 1. The second-order valence-electron chi connectivity index (χ2n) is 7.35. The van der Waals surface area contributed by atoms with Crippen LogP contribution >= 0.6 is 24.8 Å². The van der Waals surface area contributed by atoms with Gasteiger partial charge >= 0.3 is 0 Å². The average molecular weight is 352 g/mol. The minimum absolute atomic E-state index is 0. The molecule has 2 heterocycles. The van der Waals surface area contributed by atoms with E-state index in [-0.39, 0.29) is 30.7 Å². The third-order valence-corrected chi connectivity index (χ3v) is 5.38. The molecule has 2 saturated heterocycles. The van der Waals surface area contributed by atoms with Gasteiger partial charge in [0.2, 0.25) is 5.91 Å². The highest BCUT2D eigenvalue weighted by Gasteiger charge is 2.35. The van der Waals surface area contributed by atoms with Crippen molar-refractivity contribution in [2.24, 2.45) is 11.8 Å². The van der Waals surface area contributed by atoms with Crippen molar-refractivity contribution in [2.75, 3.05) is 20.6 Å². The Morgan fingerprint density at radius 2 is 1.73 bits per heavy atom. The van der Waals surface area contributed by atoms with Crippen LogP contribution in [-0.2, 0) is 4.79 Å². The predicted octanol–water partition coefficient (Wildman–Crippen LogP) is 2.21. The van der Waals surface area contributed by atoms with Gasteiger partial charge in [0.25, 0.3) is 0 Å². The van der Waals surface area contributed by atoms with Gasteiger partial charge in [-0.05, 0) is 64.5 Å². The van der Waals surface area contributed by atoms with Crippen LogP contribution in [0.25, 0.3) is 0 Å². The third kappa shape index (κ3) is 5.26. The second kappa shape index (κ2) is 8.72. The highest BCUT2D eigenvalue weighted by Crippen LogP contribution is 2.34. The fraction of sp³-hybridized carbons (Fsp3) is 0.938. The van der Waals surface area contributed by atoms with Crippen molar-refractivity contribution in [3.05, 3.63) is 0 Å². The molecule has 3 aliphatic rings. The Morgan fingerprint density at radius 3 is 2.23 bits per heavy atom. The first-order valence-corrected chi connectivity index (χ1v) is 8.31. The highest BCUT2D eigenvalue weighted by atomic mass is 35.5. The largest absolute Gasteiger partial charge is 0.355 e. The fourth-order valence-electron chi connectivity index (χ4n) is 4.15. The minimum Gasteiger partial charge on any atom is -0.355 e. The Bertz CT molecular complexity index is 349. The first kappa shape index (κ1) is 20.0. The number of likely N-dealkylation sites (N-methyl/N-ethyl adjacent to an activating group) is 1. The van der Waals surface area contributed by atoms with Crippen LogP contribution in [0, 0.1) is 11.8 Å². The standard InChI is InChI=1S/C16H29N3O.2ClH/c1-19(2)15(12-3-4-12)10-17-16(20)9-11-7-13-5-6-14(8-11)18-13;;/h11-15,18H,3-10H2,1-2H3,(H,17,20);2*1H. The zero-order valence-electron chi connectivity index (χ0n) is 13.7. The number of carbonyl (C=O) groups is 1. The van der Waals surface area contributed by atoms with Crippen LogP contribution in [0.15, 0.2) is 0 Å². The van der Waals surface area contributed by atoms with Gasteiger partial charge < -0.3 is 15.5 Å². The fourth-order valence-corrected chi connectivity index (χ4v) is 4.15. The molecule has 0 aromatic rings. The Hall–Kier alpha value is -0.0300. The molecule has 2 N–H and O–H groups in total. The lowest BCUT2D eigenvalue weighted by Crippen LogP contribution is -2.43. The molecule has 0 radical (unpaired) electrons. The zero-order chi connectivity index (χ0) is 14.1. The number of amides is 1. The first-order valence-electron chi connectivity index (χ1n) is 8.31. The van der Waals surface area contributed by atoms with E-state index in [0.29, 0.717) is 24.0 Å². The van der Waals surface area contributed by atoms with E-state index in [1.165, 1.54) is 38.5 Å². The van der Waals surface area contributed by atoms with Crippen molar-refractivity contribution in [3.8, 4) is 0 Å². The van der Waals surface area contributed by atoms with E-state index in [4.69, 9.17) is 0 Å². The topological polar surface area (TPSA) is 44.4 Å². The molecule has 0 aromatic carbocycles. The van der Waals surface area contributed by atoms with Crippen molar-refractivity contribution in [1.82, 2.24) is 15.5 Å². The molecule has 0 aromatic heterocycles. The molecule has 1 amide bonds. The summed E-state index contributed by atoms with van der Waals surface area (Å²) in [6.07, 6.45) is 8.42. The average Bonchev–Trinajstić information content (AvgIpc) is 3.15. The van der Waals surface area contributed by atoms with E-state index in [1.54, 1.807) is 0 Å². The predicted molar refractivity (Wildman–Crippen MR) is 95.0 cm³/mol. The van der Waals surface area contributed by atoms with E-state index >= 15 is 0 Å². The molecule has 4 nitrogen and oxygen atoms in total. The van der Waals surface area contributed by atoms with Crippen LogP contribution < -0.4 is 10.6 Å². The Kier molecular flexibility index (Phi) is 7.93. The molecular formula is C16H31Cl2N3O. The quantitative estimate of drug-likeness (QED) is 0.770. The summed E-state index contributed by atoms with van der Waals surface area (Å²) in [5, 5.41) is 6.83. The molecule has 3 rings (SSSR count). The maximum absolute atomic E-state index is 12.2. The summed E-state index contributed by atoms with van der Waals surface area (Å²) in [7, 11) is 4.25. The molecule has 3 atom stereocenters. The number of rotatable bonds is 6. The zero-order valence-corrected chi connectivity index (χ0v) is 15.3. The monoisotopic (exact) mass is 351 g/mol. The van der Waals surface area contributed by atoms with Gasteiger partial charge in [0, 0.05) is 31.1 Å². The maximum Gasteiger partial charge on any atom is 0.220 e. The van der Waals surface area contributed by atoms with Crippen LogP contribution in [0.1, 0.15) is 44.9 Å². The molecule has 2 aliphatic heterocycles. The molecule has 3 fully saturated rings. The molecule has 130 valence electrons. The van der Waals surface area contributed by atoms with Gasteiger partial charge in [-0.1, -0.05) is 0 Å². The Balaban J connectivity index is 0.00000121. The maximum atomic E-state index is 12.2. The van der Waals surface area contributed by atoms with Gasteiger partial charge in [0.1, 0.15) is 0 Å². The second-order valence-corrected chi connectivity index (χ2v) is 7.35. The lowest BCUT2D eigenvalue weighted by atomic mass is 9.89. The normalized spacial score (nSPS) is 31.1. The summed E-state index contributed by atoms with van der Waals surface area (Å²) >= 11 is 0. The van der Waals surface area contributed by atoms with Crippen LogP contribution in [0.5, 0.6) is 0 Å². The number of halogens is 2. The van der Waals surface area contributed by atoms with Gasteiger partial charge in [-0.3, -0.25) is 4.79 Å². The van der Waals surface area contributed by atoms with Crippen molar-refractivity contribution in [3.63, 3.8) is 0 Å². The highest BCUT2D eigenvalue weighted by molar-refractivity contribution is 5.85. The Morgan fingerprint density at radius 1 is 1.14 bits per heavy atom. The van der Waals surface area contributed by atoms with Gasteiger partial charge in [0.05, 0.1) is 0 Å². The molecule has 22 heavy (non-hydrogen) atoms. The van der Waals surface area contributed by atoms with Crippen molar-refractivity contribution >= 4 is 30.7 Å². The molecule has 1 aliphatic carbocycles.